The lowest BCUT2D eigenvalue weighted by Crippen LogP contribution is -2.05. The Labute approximate surface area is 98.8 Å². The number of nitrogens with one attached hydrogen (secondary N) is 1. The molecule has 1 aromatic carbocycles. The Kier molecular flexibility index (Phi) is 2.86. The number of aromatic amines is 1. The summed E-state index contributed by atoms with van der Waals surface area (Å²) in [6.07, 6.45) is -2.76. The number of H-pyrrole nitrogens is 1. The Morgan fingerprint density at radius 3 is 2.56 bits per heavy atom. The molecule has 0 aliphatic rings. The predicted octanol–water partition coefficient (Wildman–Crippen LogP) is 3.77. The minimum absolute atomic E-state index is 0.0683. The van der Waals surface area contributed by atoms with Gasteiger partial charge in [0.15, 0.2) is 5.43 Å². The van der Waals surface area contributed by atoms with E-state index in [1.807, 2.05) is 0 Å². The summed E-state index contributed by atoms with van der Waals surface area (Å²) in [6, 6.07) is 3.75. The van der Waals surface area contributed by atoms with Crippen LogP contribution in [0.25, 0.3) is 10.9 Å². The third-order valence-electron chi connectivity index (χ3n) is 2.15. The van der Waals surface area contributed by atoms with E-state index in [4.69, 9.17) is 23.2 Å². The van der Waals surface area contributed by atoms with Crippen molar-refractivity contribution in [2.24, 2.45) is 0 Å². The van der Waals surface area contributed by atoms with Crippen molar-refractivity contribution >= 4 is 34.1 Å². The zero-order valence-electron chi connectivity index (χ0n) is 7.73. The molecule has 0 bridgehead atoms. The normalized spacial score (nSPS) is 11.3. The van der Waals surface area contributed by atoms with E-state index in [2.05, 4.69) is 4.98 Å². The number of hydrogen-bond donors (Lipinski definition) is 1. The first-order valence-corrected chi connectivity index (χ1v) is 5.05. The van der Waals surface area contributed by atoms with E-state index in [0.717, 1.165) is 6.07 Å². The first-order chi connectivity index (χ1) is 7.50. The Morgan fingerprint density at radius 2 is 1.94 bits per heavy atom. The smallest absolute Gasteiger partial charge is 0.278 e. The molecule has 0 saturated carbocycles. The maximum atomic E-state index is 12.5. The van der Waals surface area contributed by atoms with Gasteiger partial charge in [0.05, 0.1) is 21.3 Å². The lowest BCUT2D eigenvalue weighted by atomic mass is 10.2. The Balaban J connectivity index is 2.89. The van der Waals surface area contributed by atoms with Gasteiger partial charge in [0.2, 0.25) is 0 Å². The zero-order chi connectivity index (χ0) is 11.9. The molecule has 84 valence electrons. The number of halogens is 4. The summed E-state index contributed by atoms with van der Waals surface area (Å²) in [5, 5.41) is 0.508. The monoisotopic (exact) mass is 263 g/mol. The third kappa shape index (κ3) is 1.79. The maximum absolute atomic E-state index is 12.5. The molecule has 1 heterocycles. The van der Waals surface area contributed by atoms with Crippen LogP contribution in [-0.4, -0.2) is 4.98 Å². The first kappa shape index (κ1) is 11.4. The highest BCUT2D eigenvalue weighted by molar-refractivity contribution is 6.44. The topological polar surface area (TPSA) is 32.9 Å². The van der Waals surface area contributed by atoms with Crippen LogP contribution in [0.1, 0.15) is 12.1 Å². The van der Waals surface area contributed by atoms with Gasteiger partial charge in [-0.15, -0.1) is 0 Å². The molecule has 16 heavy (non-hydrogen) atoms. The second-order valence-corrected chi connectivity index (χ2v) is 3.96. The average molecular weight is 264 g/mol. The van der Waals surface area contributed by atoms with E-state index in [9.17, 15) is 13.6 Å². The highest BCUT2D eigenvalue weighted by Crippen LogP contribution is 2.29. The fourth-order valence-electron chi connectivity index (χ4n) is 1.40. The summed E-state index contributed by atoms with van der Waals surface area (Å²) >= 11 is 11.6. The van der Waals surface area contributed by atoms with Gasteiger partial charge in [0.25, 0.3) is 6.43 Å². The van der Waals surface area contributed by atoms with Crippen LogP contribution in [0.15, 0.2) is 23.0 Å². The fraction of sp³-hybridized carbons (Fsp3) is 0.100. The molecule has 0 spiro atoms. The van der Waals surface area contributed by atoms with Crippen molar-refractivity contribution in [3.63, 3.8) is 0 Å². The summed E-state index contributed by atoms with van der Waals surface area (Å²) in [6.45, 7) is 0. The van der Waals surface area contributed by atoms with Gasteiger partial charge < -0.3 is 4.98 Å². The molecule has 6 heteroatoms. The second kappa shape index (κ2) is 4.03. The molecule has 2 rings (SSSR count). The fourth-order valence-corrected chi connectivity index (χ4v) is 1.76. The van der Waals surface area contributed by atoms with Crippen molar-refractivity contribution in [2.75, 3.05) is 0 Å². The van der Waals surface area contributed by atoms with E-state index >= 15 is 0 Å². The van der Waals surface area contributed by atoms with Gasteiger partial charge in [0.1, 0.15) is 0 Å². The van der Waals surface area contributed by atoms with Crippen molar-refractivity contribution < 1.29 is 8.78 Å². The van der Waals surface area contributed by atoms with Crippen LogP contribution in [0.2, 0.25) is 10.0 Å². The van der Waals surface area contributed by atoms with E-state index < -0.39 is 17.5 Å². The van der Waals surface area contributed by atoms with Crippen LogP contribution < -0.4 is 5.43 Å². The lowest BCUT2D eigenvalue weighted by Gasteiger charge is -2.05. The highest BCUT2D eigenvalue weighted by Gasteiger charge is 2.13. The van der Waals surface area contributed by atoms with E-state index in [0.29, 0.717) is 0 Å². The first-order valence-electron chi connectivity index (χ1n) is 4.30. The van der Waals surface area contributed by atoms with Gasteiger partial charge in [-0.05, 0) is 12.1 Å². The number of benzene rings is 1. The van der Waals surface area contributed by atoms with Crippen molar-refractivity contribution in [2.45, 2.75) is 6.43 Å². The van der Waals surface area contributed by atoms with Gasteiger partial charge in [-0.2, -0.15) is 0 Å². The zero-order valence-corrected chi connectivity index (χ0v) is 9.24. The quantitative estimate of drug-likeness (QED) is 0.835. The van der Waals surface area contributed by atoms with Gasteiger partial charge in [-0.3, -0.25) is 4.79 Å². The molecule has 0 fully saturated rings. The number of pyridine rings is 1. The van der Waals surface area contributed by atoms with Crippen LogP contribution >= 0.6 is 23.2 Å². The van der Waals surface area contributed by atoms with E-state index in [-0.39, 0.29) is 20.9 Å². The molecule has 1 N–H and O–H groups in total. The standard InChI is InChI=1S/C10H5Cl2F2NO/c11-5-2-1-4-7(16)3-6(10(13)14)15-9(4)8(5)12/h1-3,10H,(H,15,16). The van der Waals surface area contributed by atoms with Gasteiger partial charge >= 0.3 is 0 Å². The second-order valence-electron chi connectivity index (χ2n) is 3.17. The molecule has 1 aromatic heterocycles. The highest BCUT2D eigenvalue weighted by atomic mass is 35.5. The molecule has 2 nitrogen and oxygen atoms in total. The van der Waals surface area contributed by atoms with Crippen LogP contribution in [0.4, 0.5) is 8.78 Å². The molecule has 0 aliphatic carbocycles. The predicted molar refractivity (Wildman–Crippen MR) is 59.5 cm³/mol. The summed E-state index contributed by atoms with van der Waals surface area (Å²) < 4.78 is 24.9. The lowest BCUT2D eigenvalue weighted by molar-refractivity contribution is 0.146. The maximum Gasteiger partial charge on any atom is 0.278 e. The van der Waals surface area contributed by atoms with Crippen molar-refractivity contribution in [3.05, 3.63) is 44.2 Å². The van der Waals surface area contributed by atoms with Gasteiger partial charge in [-0.1, -0.05) is 23.2 Å². The molecule has 0 amide bonds. The van der Waals surface area contributed by atoms with E-state index in [1.165, 1.54) is 12.1 Å². The molecule has 0 atom stereocenters. The minimum atomic E-state index is -2.76. The molecular formula is C10H5Cl2F2NO. The van der Waals surface area contributed by atoms with Gasteiger partial charge in [0, 0.05) is 11.5 Å². The number of rotatable bonds is 1. The Bertz CT molecular complexity index is 610. The van der Waals surface area contributed by atoms with Crippen molar-refractivity contribution in [1.29, 1.82) is 0 Å². The van der Waals surface area contributed by atoms with Crippen molar-refractivity contribution in [3.8, 4) is 0 Å². The summed E-state index contributed by atoms with van der Waals surface area (Å²) in [7, 11) is 0. The van der Waals surface area contributed by atoms with Crippen LogP contribution in [0.5, 0.6) is 0 Å². The largest absolute Gasteiger partial charge is 0.352 e. The minimum Gasteiger partial charge on any atom is -0.352 e. The summed E-state index contributed by atoms with van der Waals surface area (Å²) in [4.78, 5) is 13.9. The molecule has 0 saturated heterocycles. The van der Waals surface area contributed by atoms with Crippen LogP contribution in [0, 0.1) is 0 Å². The van der Waals surface area contributed by atoms with Gasteiger partial charge in [-0.25, -0.2) is 8.78 Å². The molecule has 0 aliphatic heterocycles. The number of hydrogen-bond acceptors (Lipinski definition) is 1. The molecular weight excluding hydrogens is 259 g/mol. The Hall–Kier alpha value is -1.13. The molecule has 0 unspecified atom stereocenters. The number of alkyl halides is 2. The Morgan fingerprint density at radius 1 is 1.25 bits per heavy atom. The number of aromatic nitrogens is 1. The third-order valence-corrected chi connectivity index (χ3v) is 2.96. The summed E-state index contributed by atoms with van der Waals surface area (Å²) in [5.41, 5.74) is -0.846. The number of fused-ring (bicyclic) bond motifs is 1. The summed E-state index contributed by atoms with van der Waals surface area (Å²) in [5.74, 6) is 0. The SMILES string of the molecule is O=c1cc(C(F)F)[nH]c2c(Cl)c(Cl)ccc12. The average Bonchev–Trinajstić information content (AvgIpc) is 2.23. The van der Waals surface area contributed by atoms with E-state index in [1.54, 1.807) is 0 Å². The van der Waals surface area contributed by atoms with Crippen LogP contribution in [0.3, 0.4) is 0 Å². The molecule has 0 radical (unpaired) electrons. The molecule has 2 aromatic rings. The van der Waals surface area contributed by atoms with Crippen LogP contribution in [-0.2, 0) is 0 Å². The van der Waals surface area contributed by atoms with Crippen molar-refractivity contribution in [1.82, 2.24) is 4.98 Å².